The third-order valence-electron chi connectivity index (χ3n) is 3.27. The average molecular weight is 314 g/mol. The predicted octanol–water partition coefficient (Wildman–Crippen LogP) is 2.20. The highest BCUT2D eigenvalue weighted by atomic mass is 32.1. The summed E-state index contributed by atoms with van der Waals surface area (Å²) in [5.74, 6) is 0.433. The van der Waals surface area contributed by atoms with Crippen molar-refractivity contribution in [3.05, 3.63) is 40.4 Å². The lowest BCUT2D eigenvalue weighted by atomic mass is 10.1. The fraction of sp³-hybridized carbons (Fsp3) is 0.214. The number of benzene rings is 1. The number of nitrogens with zero attached hydrogens (tertiary/aromatic N) is 5. The number of rotatable bonds is 3. The lowest BCUT2D eigenvalue weighted by Gasteiger charge is -2.07. The van der Waals surface area contributed by atoms with Crippen molar-refractivity contribution in [3.63, 3.8) is 0 Å². The van der Waals surface area contributed by atoms with Crippen molar-refractivity contribution >= 4 is 23.1 Å². The molecule has 2 heterocycles. The zero-order valence-corrected chi connectivity index (χ0v) is 13.2. The van der Waals surface area contributed by atoms with Crippen LogP contribution in [-0.4, -0.2) is 30.5 Å². The molecule has 0 fully saturated rings. The van der Waals surface area contributed by atoms with Crippen LogP contribution in [-0.2, 0) is 7.05 Å². The van der Waals surface area contributed by atoms with Crippen molar-refractivity contribution in [1.29, 1.82) is 0 Å². The van der Waals surface area contributed by atoms with Crippen molar-refractivity contribution < 1.29 is 4.79 Å². The fourth-order valence-corrected chi connectivity index (χ4v) is 2.78. The number of tetrazole rings is 1. The van der Waals surface area contributed by atoms with Gasteiger partial charge in [0.2, 0.25) is 0 Å². The number of carbonyl (C=O) groups excluding carboxylic acids is 1. The van der Waals surface area contributed by atoms with Crippen LogP contribution in [0.2, 0.25) is 0 Å². The van der Waals surface area contributed by atoms with Gasteiger partial charge in [0.25, 0.3) is 5.91 Å². The highest BCUT2D eigenvalue weighted by Crippen LogP contribution is 2.24. The molecule has 1 aromatic carbocycles. The maximum absolute atomic E-state index is 12.4. The number of hydrogen-bond donors (Lipinski definition) is 1. The van der Waals surface area contributed by atoms with E-state index in [0.29, 0.717) is 11.4 Å². The molecule has 3 rings (SSSR count). The third-order valence-corrected chi connectivity index (χ3v) is 4.12. The number of aromatic nitrogens is 5. The number of aryl methyl sites for hydroxylation is 3. The minimum atomic E-state index is -0.177. The highest BCUT2D eigenvalue weighted by Gasteiger charge is 2.14. The second-order valence-corrected chi connectivity index (χ2v) is 5.84. The molecule has 112 valence electrons. The van der Waals surface area contributed by atoms with E-state index in [0.717, 1.165) is 21.8 Å². The molecule has 0 saturated carbocycles. The number of nitrogens with one attached hydrogen (secondary N) is 1. The van der Waals surface area contributed by atoms with E-state index in [2.05, 4.69) is 25.2 Å². The van der Waals surface area contributed by atoms with E-state index in [4.69, 9.17) is 0 Å². The van der Waals surface area contributed by atoms with Crippen LogP contribution in [0, 0.1) is 13.8 Å². The van der Waals surface area contributed by atoms with Gasteiger partial charge in [-0.05, 0) is 47.9 Å². The Balaban J connectivity index is 1.89. The van der Waals surface area contributed by atoms with E-state index < -0.39 is 0 Å². The van der Waals surface area contributed by atoms with Gasteiger partial charge in [-0.25, -0.2) is 4.68 Å². The molecule has 0 aliphatic rings. The summed E-state index contributed by atoms with van der Waals surface area (Å²) in [6.07, 6.45) is 0. The zero-order chi connectivity index (χ0) is 15.7. The molecule has 0 unspecified atom stereocenters. The zero-order valence-electron chi connectivity index (χ0n) is 12.4. The Morgan fingerprint density at radius 1 is 1.32 bits per heavy atom. The van der Waals surface area contributed by atoms with Gasteiger partial charge >= 0.3 is 0 Å². The second kappa shape index (κ2) is 5.64. The molecule has 0 bridgehead atoms. The quantitative estimate of drug-likeness (QED) is 0.801. The van der Waals surface area contributed by atoms with Crippen molar-refractivity contribution in [3.8, 4) is 11.4 Å². The van der Waals surface area contributed by atoms with Gasteiger partial charge in [0.05, 0.1) is 11.4 Å². The van der Waals surface area contributed by atoms with E-state index in [1.807, 2.05) is 26.0 Å². The molecule has 0 radical (unpaired) electrons. The smallest absolute Gasteiger partial charge is 0.255 e. The van der Waals surface area contributed by atoms with Gasteiger partial charge in [-0.2, -0.15) is 4.37 Å². The molecule has 3 aromatic rings. The first-order valence-corrected chi connectivity index (χ1v) is 7.40. The van der Waals surface area contributed by atoms with Crippen LogP contribution in [0.25, 0.3) is 11.4 Å². The Kier molecular flexibility index (Phi) is 3.68. The first kappa shape index (κ1) is 14.3. The molecule has 8 heteroatoms. The first-order chi connectivity index (χ1) is 10.6. The summed E-state index contributed by atoms with van der Waals surface area (Å²) >= 11 is 1.38. The summed E-state index contributed by atoms with van der Waals surface area (Å²) in [5, 5.41) is 14.3. The Morgan fingerprint density at radius 3 is 2.77 bits per heavy atom. The van der Waals surface area contributed by atoms with Crippen LogP contribution in [0.3, 0.4) is 0 Å². The van der Waals surface area contributed by atoms with Gasteiger partial charge in [-0.3, -0.25) is 4.79 Å². The van der Waals surface area contributed by atoms with Crippen LogP contribution in [0.5, 0.6) is 0 Å². The van der Waals surface area contributed by atoms with E-state index in [1.165, 1.54) is 11.5 Å². The van der Waals surface area contributed by atoms with E-state index >= 15 is 0 Å². The summed E-state index contributed by atoms with van der Waals surface area (Å²) in [6, 6.07) is 7.20. The van der Waals surface area contributed by atoms with Crippen molar-refractivity contribution in [2.75, 3.05) is 5.32 Å². The standard InChI is InChI=1S/C14H14N6OS/c1-8-12(9(2)22-17-8)15-14(21)11-6-4-5-10(7-11)13-16-18-19-20(13)3/h4-7H,1-3H3,(H,15,21). The second-order valence-electron chi connectivity index (χ2n) is 4.86. The van der Waals surface area contributed by atoms with E-state index in [9.17, 15) is 4.79 Å². The number of anilines is 1. The average Bonchev–Trinajstić information content (AvgIpc) is 3.08. The van der Waals surface area contributed by atoms with Crippen LogP contribution < -0.4 is 5.32 Å². The normalized spacial score (nSPS) is 10.7. The minimum Gasteiger partial charge on any atom is -0.319 e. The molecule has 0 aliphatic heterocycles. The van der Waals surface area contributed by atoms with Crippen molar-refractivity contribution in [2.24, 2.45) is 7.05 Å². The maximum atomic E-state index is 12.4. The van der Waals surface area contributed by atoms with Gasteiger partial charge in [-0.15, -0.1) is 5.10 Å². The Bertz CT molecular complexity index is 818. The van der Waals surface area contributed by atoms with E-state index in [-0.39, 0.29) is 5.91 Å². The summed E-state index contributed by atoms with van der Waals surface area (Å²) in [5.41, 5.74) is 2.94. The largest absolute Gasteiger partial charge is 0.319 e. The molecule has 1 amide bonds. The van der Waals surface area contributed by atoms with Gasteiger partial charge in [0, 0.05) is 23.1 Å². The monoisotopic (exact) mass is 314 g/mol. The first-order valence-electron chi connectivity index (χ1n) is 6.63. The summed E-state index contributed by atoms with van der Waals surface area (Å²) in [6.45, 7) is 3.81. The minimum absolute atomic E-state index is 0.177. The van der Waals surface area contributed by atoms with E-state index in [1.54, 1.807) is 23.9 Å². The summed E-state index contributed by atoms with van der Waals surface area (Å²) in [7, 11) is 1.76. The topological polar surface area (TPSA) is 85.6 Å². The molecule has 1 N–H and O–H groups in total. The maximum Gasteiger partial charge on any atom is 0.255 e. The molecule has 0 atom stereocenters. The molecule has 0 saturated heterocycles. The van der Waals surface area contributed by atoms with Gasteiger partial charge < -0.3 is 5.32 Å². The Hall–Kier alpha value is -2.61. The molecule has 0 aliphatic carbocycles. The fourth-order valence-electron chi connectivity index (χ4n) is 2.12. The Morgan fingerprint density at radius 2 is 2.14 bits per heavy atom. The number of amides is 1. The Labute approximate surface area is 131 Å². The molecule has 7 nitrogen and oxygen atoms in total. The highest BCUT2D eigenvalue weighted by molar-refractivity contribution is 7.06. The number of hydrogen-bond acceptors (Lipinski definition) is 6. The molecule has 2 aromatic heterocycles. The predicted molar refractivity (Wildman–Crippen MR) is 83.8 cm³/mol. The van der Waals surface area contributed by atoms with Crippen molar-refractivity contribution in [2.45, 2.75) is 13.8 Å². The van der Waals surface area contributed by atoms with Crippen LogP contribution in [0.15, 0.2) is 24.3 Å². The summed E-state index contributed by atoms with van der Waals surface area (Å²) < 4.78 is 5.79. The van der Waals surface area contributed by atoms with Crippen molar-refractivity contribution in [1.82, 2.24) is 24.6 Å². The van der Waals surface area contributed by atoms with Crippen LogP contribution in [0.4, 0.5) is 5.69 Å². The molecule has 22 heavy (non-hydrogen) atoms. The van der Waals surface area contributed by atoms with Gasteiger partial charge in [-0.1, -0.05) is 12.1 Å². The van der Waals surface area contributed by atoms with Crippen LogP contribution >= 0.6 is 11.5 Å². The van der Waals surface area contributed by atoms with Gasteiger partial charge in [0.1, 0.15) is 0 Å². The lowest BCUT2D eigenvalue weighted by molar-refractivity contribution is 0.102. The molecular formula is C14H14N6OS. The molecule has 0 spiro atoms. The third kappa shape index (κ3) is 2.60. The lowest BCUT2D eigenvalue weighted by Crippen LogP contribution is -2.13. The van der Waals surface area contributed by atoms with Crippen LogP contribution in [0.1, 0.15) is 20.9 Å². The summed E-state index contributed by atoms with van der Waals surface area (Å²) in [4.78, 5) is 13.4. The molecular weight excluding hydrogens is 300 g/mol. The number of carbonyl (C=O) groups is 1. The SMILES string of the molecule is Cc1nsc(C)c1NC(=O)c1cccc(-c2nnnn2C)c1. The van der Waals surface area contributed by atoms with Gasteiger partial charge in [0.15, 0.2) is 5.82 Å².